The van der Waals surface area contributed by atoms with Crippen molar-refractivity contribution in [2.45, 2.75) is 37.7 Å². The van der Waals surface area contributed by atoms with E-state index in [9.17, 15) is 0 Å². The Labute approximate surface area is 118 Å². The molecule has 1 saturated heterocycles. The Bertz CT molecular complexity index is 359. The Hall–Kier alpha value is -0.160. The molecule has 0 bridgehead atoms. The minimum atomic E-state index is 0.454. The summed E-state index contributed by atoms with van der Waals surface area (Å²) in [7, 11) is 1.81. The second-order valence-corrected chi connectivity index (χ2v) is 5.98. The number of halogens is 1. The number of unbranched alkanes of at least 4 members (excludes halogenated alkanes) is 1. The largest absolute Gasteiger partial charge is 0.380 e. The van der Waals surface area contributed by atoms with Crippen molar-refractivity contribution in [3.63, 3.8) is 0 Å². The highest BCUT2D eigenvalue weighted by molar-refractivity contribution is 7.09. The van der Waals surface area contributed by atoms with Gasteiger partial charge in [-0.05, 0) is 32.2 Å². The number of likely N-dealkylation sites (tertiary alicyclic amines) is 1. The first-order valence-electron chi connectivity index (χ1n) is 6.56. The average Bonchev–Trinajstić information content (AvgIpc) is 3.03. The molecule has 1 atom stereocenters. The zero-order chi connectivity index (χ0) is 12.8. The van der Waals surface area contributed by atoms with Crippen LogP contribution in [0.1, 0.15) is 30.0 Å². The van der Waals surface area contributed by atoms with Crippen LogP contribution in [0.15, 0.2) is 5.38 Å². The van der Waals surface area contributed by atoms with Gasteiger partial charge in [0, 0.05) is 25.6 Å². The monoisotopic (exact) mass is 288 g/mol. The molecule has 2 heterocycles. The van der Waals surface area contributed by atoms with Gasteiger partial charge in [-0.15, -0.1) is 22.9 Å². The van der Waals surface area contributed by atoms with E-state index >= 15 is 0 Å². The van der Waals surface area contributed by atoms with Crippen LogP contribution in [0.5, 0.6) is 0 Å². The van der Waals surface area contributed by atoms with Crippen LogP contribution in [0.3, 0.4) is 0 Å². The fourth-order valence-corrected chi connectivity index (χ4v) is 3.40. The van der Waals surface area contributed by atoms with Crippen molar-refractivity contribution in [1.29, 1.82) is 0 Å². The minimum Gasteiger partial charge on any atom is -0.380 e. The van der Waals surface area contributed by atoms with E-state index in [0.29, 0.717) is 12.0 Å². The molecule has 1 aliphatic heterocycles. The summed E-state index contributed by atoms with van der Waals surface area (Å²) in [6.45, 7) is 3.48. The number of aromatic nitrogens is 1. The lowest BCUT2D eigenvalue weighted by atomic mass is 10.2. The van der Waals surface area contributed by atoms with E-state index in [1.54, 1.807) is 11.3 Å². The van der Waals surface area contributed by atoms with Gasteiger partial charge in [0.1, 0.15) is 0 Å². The molecule has 0 aliphatic carbocycles. The number of methoxy groups -OCH3 is 1. The lowest BCUT2D eigenvalue weighted by molar-refractivity contribution is 0.108. The van der Waals surface area contributed by atoms with Gasteiger partial charge in [-0.3, -0.25) is 0 Å². The molecular weight excluding hydrogens is 268 g/mol. The summed E-state index contributed by atoms with van der Waals surface area (Å²) in [5, 5.41) is 3.29. The third-order valence-electron chi connectivity index (χ3n) is 3.41. The van der Waals surface area contributed by atoms with E-state index in [1.165, 1.54) is 37.4 Å². The first-order valence-corrected chi connectivity index (χ1v) is 7.97. The summed E-state index contributed by atoms with van der Waals surface area (Å²) in [6.07, 6.45) is 5.18. The number of hydrogen-bond acceptors (Lipinski definition) is 4. The normalized spacial score (nSPS) is 20.7. The van der Waals surface area contributed by atoms with Gasteiger partial charge in [0.05, 0.1) is 22.7 Å². The van der Waals surface area contributed by atoms with E-state index < -0.39 is 0 Å². The molecule has 1 aromatic heterocycles. The Morgan fingerprint density at radius 3 is 3.11 bits per heavy atom. The van der Waals surface area contributed by atoms with E-state index in [-0.39, 0.29) is 0 Å². The maximum Gasteiger partial charge on any atom is 0.0928 e. The van der Waals surface area contributed by atoms with E-state index in [1.807, 2.05) is 7.11 Å². The molecule has 3 nitrogen and oxygen atoms in total. The van der Waals surface area contributed by atoms with Gasteiger partial charge in [-0.2, -0.15) is 0 Å². The van der Waals surface area contributed by atoms with Crippen molar-refractivity contribution in [1.82, 2.24) is 9.88 Å². The van der Waals surface area contributed by atoms with Crippen LogP contribution in [-0.2, 0) is 17.0 Å². The van der Waals surface area contributed by atoms with Crippen molar-refractivity contribution in [3.05, 3.63) is 16.1 Å². The van der Waals surface area contributed by atoms with Gasteiger partial charge >= 0.3 is 0 Å². The molecule has 0 saturated carbocycles. The number of alkyl halides is 1. The lowest BCUT2D eigenvalue weighted by Gasteiger charge is -2.14. The van der Waals surface area contributed by atoms with E-state index in [2.05, 4.69) is 15.3 Å². The summed E-state index contributed by atoms with van der Waals surface area (Å²) in [5.41, 5.74) is 1.01. The first kappa shape index (κ1) is 14.3. The van der Waals surface area contributed by atoms with Crippen LogP contribution in [0.25, 0.3) is 0 Å². The molecule has 0 radical (unpaired) electrons. The molecule has 5 heteroatoms. The molecule has 1 unspecified atom stereocenters. The highest BCUT2D eigenvalue weighted by atomic mass is 35.5. The van der Waals surface area contributed by atoms with Crippen LogP contribution in [0.2, 0.25) is 0 Å². The van der Waals surface area contributed by atoms with Crippen LogP contribution in [0, 0.1) is 0 Å². The molecule has 1 aromatic rings. The second-order valence-electron chi connectivity index (χ2n) is 4.77. The molecule has 102 valence electrons. The zero-order valence-corrected chi connectivity index (χ0v) is 12.5. The predicted molar refractivity (Wildman–Crippen MR) is 76.5 cm³/mol. The maximum absolute atomic E-state index is 5.74. The number of thiazole rings is 1. The van der Waals surface area contributed by atoms with Gasteiger partial charge in [0.15, 0.2) is 0 Å². The van der Waals surface area contributed by atoms with Gasteiger partial charge in [-0.1, -0.05) is 0 Å². The fourth-order valence-electron chi connectivity index (χ4n) is 2.33. The topological polar surface area (TPSA) is 25.4 Å². The smallest absolute Gasteiger partial charge is 0.0928 e. The SMILES string of the molecule is COC1CCN(CCCCc2nc(CCl)cs2)C1. The van der Waals surface area contributed by atoms with Crippen molar-refractivity contribution >= 4 is 22.9 Å². The van der Waals surface area contributed by atoms with Crippen LogP contribution < -0.4 is 0 Å². The Balaban J connectivity index is 1.58. The quantitative estimate of drug-likeness (QED) is 0.570. The van der Waals surface area contributed by atoms with Gasteiger partial charge in [-0.25, -0.2) is 4.98 Å². The molecule has 0 N–H and O–H groups in total. The van der Waals surface area contributed by atoms with Crippen LogP contribution >= 0.6 is 22.9 Å². The van der Waals surface area contributed by atoms with Crippen molar-refractivity contribution in [3.8, 4) is 0 Å². The average molecular weight is 289 g/mol. The van der Waals surface area contributed by atoms with Gasteiger partial charge in [0.2, 0.25) is 0 Å². The highest BCUT2D eigenvalue weighted by Crippen LogP contribution is 2.16. The zero-order valence-electron chi connectivity index (χ0n) is 10.9. The number of ether oxygens (including phenoxy) is 1. The fraction of sp³-hybridized carbons (Fsp3) is 0.769. The number of aryl methyl sites for hydroxylation is 1. The highest BCUT2D eigenvalue weighted by Gasteiger charge is 2.20. The lowest BCUT2D eigenvalue weighted by Crippen LogP contribution is -2.24. The molecule has 0 aromatic carbocycles. The summed E-state index contributed by atoms with van der Waals surface area (Å²) in [6, 6.07) is 0. The summed E-state index contributed by atoms with van der Waals surface area (Å²) in [4.78, 5) is 6.98. The third-order valence-corrected chi connectivity index (χ3v) is 4.64. The van der Waals surface area contributed by atoms with Crippen molar-refractivity contribution in [2.75, 3.05) is 26.7 Å². The minimum absolute atomic E-state index is 0.454. The Kier molecular flexibility index (Phi) is 5.89. The predicted octanol–water partition coefficient (Wildman–Crippen LogP) is 2.93. The molecule has 0 spiro atoms. The first-order chi connectivity index (χ1) is 8.81. The number of rotatable bonds is 7. The Morgan fingerprint density at radius 2 is 2.44 bits per heavy atom. The number of nitrogens with zero attached hydrogens (tertiary/aromatic N) is 2. The number of hydrogen-bond donors (Lipinski definition) is 0. The standard InChI is InChI=1S/C13H21ClN2OS/c1-17-12-5-7-16(9-12)6-3-2-4-13-15-11(8-14)10-18-13/h10,12H,2-9H2,1H3. The molecule has 18 heavy (non-hydrogen) atoms. The van der Waals surface area contributed by atoms with Crippen molar-refractivity contribution in [2.24, 2.45) is 0 Å². The molecule has 1 fully saturated rings. The summed E-state index contributed by atoms with van der Waals surface area (Å²) >= 11 is 7.47. The van der Waals surface area contributed by atoms with Crippen LogP contribution in [-0.4, -0.2) is 42.7 Å². The molecule has 1 aliphatic rings. The van der Waals surface area contributed by atoms with Gasteiger partial charge < -0.3 is 9.64 Å². The molecular formula is C13H21ClN2OS. The van der Waals surface area contributed by atoms with E-state index in [4.69, 9.17) is 16.3 Å². The third kappa shape index (κ3) is 4.19. The van der Waals surface area contributed by atoms with Crippen molar-refractivity contribution < 1.29 is 4.74 Å². The molecule has 0 amide bonds. The second kappa shape index (κ2) is 7.43. The summed E-state index contributed by atoms with van der Waals surface area (Å²) in [5.74, 6) is 0.530. The molecule has 2 rings (SSSR count). The Morgan fingerprint density at radius 1 is 1.56 bits per heavy atom. The van der Waals surface area contributed by atoms with E-state index in [0.717, 1.165) is 18.7 Å². The summed E-state index contributed by atoms with van der Waals surface area (Å²) < 4.78 is 5.37. The van der Waals surface area contributed by atoms with Crippen LogP contribution in [0.4, 0.5) is 0 Å². The van der Waals surface area contributed by atoms with Gasteiger partial charge in [0.25, 0.3) is 0 Å². The maximum atomic E-state index is 5.74.